The first-order chi connectivity index (χ1) is 14.6. The average molecular weight is 631 g/mol. The molecule has 1 saturated heterocycles. The second-order valence-corrected chi connectivity index (χ2v) is 10.6. The number of hydrogen-bond acceptors (Lipinski definition) is 16. The Balaban J connectivity index is 0. The average Bonchev–Trinajstić information content (AvgIpc) is 3.12. The van der Waals surface area contributed by atoms with Gasteiger partial charge in [-0.3, -0.25) is 27.8 Å². The molecular weight excluding hydrogens is 620 g/mol. The maximum absolute atomic E-state index is 11.8. The number of phosphoric acid groups is 3. The summed E-state index contributed by atoms with van der Waals surface area (Å²) in [6, 6.07) is 0. The van der Waals surface area contributed by atoms with Crippen LogP contribution in [0.1, 0.15) is 6.23 Å². The van der Waals surface area contributed by atoms with Gasteiger partial charge in [0.05, 0.1) is 20.8 Å². The van der Waals surface area contributed by atoms with Crippen molar-refractivity contribution in [2.75, 3.05) is 6.61 Å². The van der Waals surface area contributed by atoms with Crippen LogP contribution in [0, 0.1) is 0 Å². The molecule has 0 spiro atoms. The van der Waals surface area contributed by atoms with Gasteiger partial charge >= 0.3 is 118 Å². The fraction of sp³-hybridized carbons (Fsp3) is 0.500. The number of aromatic amines is 1. The van der Waals surface area contributed by atoms with Crippen LogP contribution in [0.3, 0.4) is 0 Å². The Hall–Kier alpha value is 2.93. The van der Waals surface area contributed by atoms with E-state index in [1.807, 2.05) is 0 Å². The Morgan fingerprint density at radius 2 is 1.64 bits per heavy atom. The summed E-state index contributed by atoms with van der Waals surface area (Å²) in [7, 11) is -18.2. The van der Waals surface area contributed by atoms with Crippen LogP contribution in [0.25, 0.3) is 11.2 Å². The molecular formula is C10H10ClN4Na4O14P3. The third kappa shape index (κ3) is 11.0. The third-order valence-electron chi connectivity index (χ3n) is 3.81. The number of phosphoric ester groups is 1. The zero-order chi connectivity index (χ0) is 24.1. The Morgan fingerprint density at radius 1 is 1.06 bits per heavy atom. The summed E-state index contributed by atoms with van der Waals surface area (Å²) >= 11 is 5.67. The Kier molecular flexibility index (Phi) is 18.2. The number of halogens is 1. The van der Waals surface area contributed by atoms with Crippen molar-refractivity contribution in [3.63, 3.8) is 0 Å². The molecule has 3 N–H and O–H groups in total. The first kappa shape index (κ1) is 41.1. The van der Waals surface area contributed by atoms with Crippen LogP contribution in [0.15, 0.2) is 11.1 Å². The minimum absolute atomic E-state index is 0. The normalized spacial score (nSPS) is 24.9. The molecule has 2 aromatic rings. The number of hydrogen-bond donors (Lipinski definition) is 3. The maximum Gasteiger partial charge on any atom is 1.00 e. The van der Waals surface area contributed by atoms with Gasteiger partial charge in [-0.15, -0.1) is 0 Å². The SMILES string of the molecule is O=c1[nH]c(Cl)nc2c1ncn2[C@@H]1O[C@H](COP(=O)([O-])OP(=O)([O-])OP(=O)([O-])[O-])[C@@H](O)[C@H]1O.[Na+].[Na+].[Na+].[Na+]. The molecule has 0 saturated carbocycles. The molecule has 0 bridgehead atoms. The van der Waals surface area contributed by atoms with Crippen LogP contribution in [0.5, 0.6) is 0 Å². The van der Waals surface area contributed by atoms with Gasteiger partial charge in [-0.1, -0.05) is 0 Å². The predicted octanol–water partition coefficient (Wildman–Crippen LogP) is -15.8. The topological polar surface area (TPSA) is 284 Å². The molecule has 36 heavy (non-hydrogen) atoms. The fourth-order valence-corrected chi connectivity index (χ4v) is 5.66. The molecule has 1 fully saturated rings. The number of fused-ring (bicyclic) bond motifs is 1. The Bertz CT molecular complexity index is 1230. The zero-order valence-corrected chi connectivity index (χ0v) is 30.4. The van der Waals surface area contributed by atoms with Gasteiger partial charge in [-0.05, 0) is 11.6 Å². The molecule has 0 radical (unpaired) electrons. The minimum atomic E-state index is -6.17. The molecule has 0 aliphatic carbocycles. The summed E-state index contributed by atoms with van der Waals surface area (Å²) in [5.41, 5.74) is -1.07. The van der Waals surface area contributed by atoms with E-state index in [1.54, 1.807) is 0 Å². The molecule has 26 heteroatoms. The van der Waals surface area contributed by atoms with Gasteiger partial charge in [0.15, 0.2) is 17.4 Å². The molecule has 6 atom stereocenters. The van der Waals surface area contributed by atoms with Gasteiger partial charge in [0.1, 0.15) is 18.3 Å². The molecule has 180 valence electrons. The van der Waals surface area contributed by atoms with Crippen LogP contribution < -0.4 is 143 Å². The Labute approximate surface area is 294 Å². The van der Waals surface area contributed by atoms with Gasteiger partial charge in [0.25, 0.3) is 21.2 Å². The van der Waals surface area contributed by atoms with Crippen molar-refractivity contribution in [1.82, 2.24) is 19.5 Å². The zero-order valence-electron chi connectivity index (χ0n) is 18.9. The number of H-pyrrole nitrogens is 1. The quantitative estimate of drug-likeness (QED) is 0.139. The summed E-state index contributed by atoms with van der Waals surface area (Å²) in [5, 5.41) is 20.0. The van der Waals surface area contributed by atoms with Crippen molar-refractivity contribution in [1.29, 1.82) is 0 Å². The number of imidazole rings is 1. The predicted molar refractivity (Wildman–Crippen MR) is 90.0 cm³/mol. The standard InChI is InChI=1S/C10H14ClN4O14P3.4Na/c11-10-13-7-4(8(18)14-10)12-2-15(7)9-6(17)5(16)3(27-9)1-26-31(22,23)29-32(24,25)28-30(19,20)21;;;;/h2-3,5-6,9,16-17H,1H2,(H,22,23)(H,24,25)(H,13,14,18)(H2,19,20,21);;;;/q;4*+1/p-4/t3-,5-,6-,9-;;;;/m1..../s1. The Morgan fingerprint density at radius 3 is 2.19 bits per heavy atom. The first-order valence-electron chi connectivity index (χ1n) is 7.94. The van der Waals surface area contributed by atoms with E-state index in [9.17, 15) is 48.3 Å². The van der Waals surface area contributed by atoms with Crippen molar-refractivity contribution < 1.29 is 180 Å². The van der Waals surface area contributed by atoms with Crippen molar-refractivity contribution in [3.05, 3.63) is 22.0 Å². The monoisotopic (exact) mass is 630 g/mol. The van der Waals surface area contributed by atoms with Gasteiger partial charge in [0, 0.05) is 0 Å². The van der Waals surface area contributed by atoms with Crippen LogP contribution in [-0.4, -0.2) is 54.7 Å². The van der Waals surface area contributed by atoms with E-state index >= 15 is 0 Å². The van der Waals surface area contributed by atoms with E-state index in [4.69, 9.17) is 16.3 Å². The molecule has 2 unspecified atom stereocenters. The summed E-state index contributed by atoms with van der Waals surface area (Å²) in [6.45, 7) is -1.14. The van der Waals surface area contributed by atoms with E-state index in [0.29, 0.717) is 0 Å². The summed E-state index contributed by atoms with van der Waals surface area (Å²) in [5.74, 6) is 0. The molecule has 0 aromatic carbocycles. The second kappa shape index (κ2) is 16.0. The van der Waals surface area contributed by atoms with Crippen molar-refractivity contribution in [2.45, 2.75) is 24.5 Å². The second-order valence-electron chi connectivity index (χ2n) is 6.03. The molecule has 1 aliphatic rings. The first-order valence-corrected chi connectivity index (χ1v) is 12.7. The van der Waals surface area contributed by atoms with Crippen LogP contribution in [0.2, 0.25) is 5.28 Å². The van der Waals surface area contributed by atoms with Crippen molar-refractivity contribution in [2.24, 2.45) is 0 Å². The van der Waals surface area contributed by atoms with Gasteiger partial charge < -0.3 is 43.6 Å². The van der Waals surface area contributed by atoms with E-state index in [2.05, 4.69) is 28.1 Å². The number of aliphatic hydroxyl groups is 2. The fourth-order valence-electron chi connectivity index (χ4n) is 2.63. The van der Waals surface area contributed by atoms with Gasteiger partial charge in [-0.2, -0.15) is 4.98 Å². The number of aliphatic hydroxyl groups excluding tert-OH is 2. The van der Waals surface area contributed by atoms with Gasteiger partial charge in [-0.25, -0.2) is 9.29 Å². The number of aromatic nitrogens is 4. The molecule has 3 rings (SSSR count). The van der Waals surface area contributed by atoms with Crippen LogP contribution >= 0.6 is 35.1 Å². The number of ether oxygens (including phenoxy) is 1. The summed E-state index contributed by atoms with van der Waals surface area (Å²) < 4.78 is 49.9. The van der Waals surface area contributed by atoms with E-state index in [-0.39, 0.29) is 135 Å². The summed E-state index contributed by atoms with van der Waals surface area (Å²) in [4.78, 5) is 64.9. The number of nitrogens with one attached hydrogen (secondary N) is 1. The summed E-state index contributed by atoms with van der Waals surface area (Å²) in [6.07, 6.45) is -5.62. The largest absolute Gasteiger partial charge is 1.00 e. The molecule has 3 heterocycles. The van der Waals surface area contributed by atoms with Crippen molar-refractivity contribution in [3.8, 4) is 0 Å². The van der Waals surface area contributed by atoms with Crippen LogP contribution in [-0.2, 0) is 31.6 Å². The van der Waals surface area contributed by atoms with E-state index < -0.39 is 60.2 Å². The molecule has 1 aliphatic heterocycles. The number of rotatable bonds is 8. The number of nitrogens with zero attached hydrogens (tertiary/aromatic N) is 3. The van der Waals surface area contributed by atoms with Crippen molar-refractivity contribution >= 4 is 46.2 Å². The maximum atomic E-state index is 11.8. The third-order valence-corrected chi connectivity index (χ3v) is 7.66. The minimum Gasteiger partial charge on any atom is -0.790 e. The molecule has 0 amide bonds. The van der Waals surface area contributed by atoms with E-state index in [0.717, 1.165) is 10.9 Å². The molecule has 2 aromatic heterocycles. The molecule has 18 nitrogen and oxygen atoms in total. The smallest absolute Gasteiger partial charge is 0.790 e. The van der Waals surface area contributed by atoms with E-state index in [1.165, 1.54) is 0 Å². The van der Waals surface area contributed by atoms with Crippen LogP contribution in [0.4, 0.5) is 0 Å². The van der Waals surface area contributed by atoms with Gasteiger partial charge in [0.2, 0.25) is 5.28 Å².